The number of nitrogen functional groups attached to an aromatic ring is 1. The van der Waals surface area contributed by atoms with Crippen molar-refractivity contribution >= 4 is 11.7 Å². The summed E-state index contributed by atoms with van der Waals surface area (Å²) in [5.74, 6) is 0.273. The summed E-state index contributed by atoms with van der Waals surface area (Å²) in [5, 5.41) is 6.37. The van der Waals surface area contributed by atoms with E-state index in [4.69, 9.17) is 10.5 Å². The molecule has 6 nitrogen and oxygen atoms in total. The number of hydrogen-bond acceptors (Lipinski definition) is 4. The molecular formula is C10H16N4O2. The number of nitrogens with one attached hydrogen (secondary N) is 1. The lowest BCUT2D eigenvalue weighted by Gasteiger charge is -2.31. The highest BCUT2D eigenvalue weighted by Gasteiger charge is 2.25. The molecule has 1 aromatic rings. The number of amides is 1. The van der Waals surface area contributed by atoms with Gasteiger partial charge in [0.05, 0.1) is 6.10 Å². The van der Waals surface area contributed by atoms with Crippen molar-refractivity contribution in [1.29, 1.82) is 0 Å². The molecule has 1 aromatic heterocycles. The number of carbonyl (C=O) groups excluding carboxylic acids is 1. The third kappa shape index (κ3) is 2.16. The van der Waals surface area contributed by atoms with E-state index in [1.54, 1.807) is 18.1 Å². The van der Waals surface area contributed by atoms with Gasteiger partial charge in [-0.05, 0) is 12.8 Å². The Labute approximate surface area is 93.8 Å². The SMILES string of the molecule is COC1CCCN(C(=O)c2cc(N)n[nH]2)C1. The summed E-state index contributed by atoms with van der Waals surface area (Å²) in [7, 11) is 1.67. The first-order chi connectivity index (χ1) is 7.70. The van der Waals surface area contributed by atoms with E-state index in [1.165, 1.54) is 0 Å². The predicted molar refractivity (Wildman–Crippen MR) is 58.9 cm³/mol. The van der Waals surface area contributed by atoms with E-state index in [9.17, 15) is 4.79 Å². The maximum absolute atomic E-state index is 12.0. The number of nitrogens with zero attached hydrogens (tertiary/aromatic N) is 2. The number of ether oxygens (including phenoxy) is 1. The smallest absolute Gasteiger partial charge is 0.272 e. The van der Waals surface area contributed by atoms with Crippen molar-refractivity contribution in [3.05, 3.63) is 11.8 Å². The van der Waals surface area contributed by atoms with Crippen LogP contribution in [0.25, 0.3) is 0 Å². The van der Waals surface area contributed by atoms with Crippen LogP contribution in [0, 0.1) is 0 Å². The van der Waals surface area contributed by atoms with Crippen LogP contribution in [0.1, 0.15) is 23.3 Å². The molecular weight excluding hydrogens is 208 g/mol. The van der Waals surface area contributed by atoms with Gasteiger partial charge in [0.1, 0.15) is 11.5 Å². The Kier molecular flexibility index (Phi) is 3.09. The Morgan fingerprint density at radius 1 is 1.75 bits per heavy atom. The molecule has 1 saturated heterocycles. The van der Waals surface area contributed by atoms with Gasteiger partial charge in [0.2, 0.25) is 0 Å². The van der Waals surface area contributed by atoms with Crippen LogP contribution in [-0.2, 0) is 4.74 Å². The molecule has 2 rings (SSSR count). The van der Waals surface area contributed by atoms with Gasteiger partial charge in [0.15, 0.2) is 0 Å². The lowest BCUT2D eigenvalue weighted by atomic mass is 10.1. The van der Waals surface area contributed by atoms with Gasteiger partial charge in [-0.15, -0.1) is 0 Å². The number of likely N-dealkylation sites (tertiary alicyclic amines) is 1. The summed E-state index contributed by atoms with van der Waals surface area (Å²) in [6, 6.07) is 1.55. The molecule has 0 spiro atoms. The van der Waals surface area contributed by atoms with Crippen LogP contribution in [-0.4, -0.2) is 47.3 Å². The number of hydrogen-bond donors (Lipinski definition) is 2. The topological polar surface area (TPSA) is 84.2 Å². The maximum Gasteiger partial charge on any atom is 0.272 e. The Balaban J connectivity index is 2.04. The first-order valence-electron chi connectivity index (χ1n) is 5.33. The molecule has 1 atom stereocenters. The van der Waals surface area contributed by atoms with Crippen LogP contribution in [0.2, 0.25) is 0 Å². The number of methoxy groups -OCH3 is 1. The van der Waals surface area contributed by atoms with Gasteiger partial charge in [0.25, 0.3) is 5.91 Å². The molecule has 0 aromatic carbocycles. The van der Waals surface area contributed by atoms with Gasteiger partial charge in [0, 0.05) is 26.3 Å². The Hall–Kier alpha value is -1.56. The average molecular weight is 224 g/mol. The molecule has 1 fully saturated rings. The van der Waals surface area contributed by atoms with E-state index >= 15 is 0 Å². The Morgan fingerprint density at radius 2 is 2.56 bits per heavy atom. The molecule has 1 aliphatic rings. The third-order valence-electron chi connectivity index (χ3n) is 2.83. The first kappa shape index (κ1) is 10.9. The lowest BCUT2D eigenvalue weighted by Crippen LogP contribution is -2.43. The minimum atomic E-state index is -0.0639. The second-order valence-corrected chi connectivity index (χ2v) is 3.96. The molecule has 3 N–H and O–H groups in total. The van der Waals surface area contributed by atoms with Crippen LogP contribution >= 0.6 is 0 Å². The number of nitrogens with two attached hydrogens (primary N) is 1. The fraction of sp³-hybridized carbons (Fsp3) is 0.600. The highest BCUT2D eigenvalue weighted by molar-refractivity contribution is 5.93. The van der Waals surface area contributed by atoms with E-state index in [2.05, 4.69) is 10.2 Å². The summed E-state index contributed by atoms with van der Waals surface area (Å²) in [4.78, 5) is 13.8. The number of aromatic nitrogens is 2. The van der Waals surface area contributed by atoms with Gasteiger partial charge in [-0.2, -0.15) is 5.10 Å². The van der Waals surface area contributed by atoms with Gasteiger partial charge in [-0.3, -0.25) is 9.89 Å². The van der Waals surface area contributed by atoms with Crippen molar-refractivity contribution in [2.45, 2.75) is 18.9 Å². The van der Waals surface area contributed by atoms with Gasteiger partial charge < -0.3 is 15.4 Å². The zero-order valence-electron chi connectivity index (χ0n) is 9.27. The summed E-state index contributed by atoms with van der Waals surface area (Å²) in [5.41, 5.74) is 5.90. The van der Waals surface area contributed by atoms with Crippen molar-refractivity contribution in [2.75, 3.05) is 25.9 Å². The zero-order chi connectivity index (χ0) is 11.5. The quantitative estimate of drug-likeness (QED) is 0.753. The van der Waals surface area contributed by atoms with Crippen LogP contribution < -0.4 is 5.73 Å². The standard InChI is InChI=1S/C10H16N4O2/c1-16-7-3-2-4-14(6-7)10(15)8-5-9(11)13-12-8/h5,7H,2-4,6H2,1H3,(H3,11,12,13). The molecule has 88 valence electrons. The van der Waals surface area contributed by atoms with Gasteiger partial charge in [-0.1, -0.05) is 0 Å². The summed E-state index contributed by atoms with van der Waals surface area (Å²) < 4.78 is 5.27. The monoisotopic (exact) mass is 224 g/mol. The highest BCUT2D eigenvalue weighted by atomic mass is 16.5. The number of rotatable bonds is 2. The van der Waals surface area contributed by atoms with E-state index < -0.39 is 0 Å². The lowest BCUT2D eigenvalue weighted by molar-refractivity contribution is 0.0265. The summed E-state index contributed by atoms with van der Waals surface area (Å²) in [6.07, 6.45) is 2.11. The molecule has 6 heteroatoms. The zero-order valence-corrected chi connectivity index (χ0v) is 9.27. The number of carbonyl (C=O) groups is 1. The van der Waals surface area contributed by atoms with Crippen LogP contribution in [0.15, 0.2) is 6.07 Å². The fourth-order valence-corrected chi connectivity index (χ4v) is 1.93. The van der Waals surface area contributed by atoms with Crippen LogP contribution in [0.4, 0.5) is 5.82 Å². The number of anilines is 1. The van der Waals surface area contributed by atoms with E-state index in [1.807, 2.05) is 0 Å². The highest BCUT2D eigenvalue weighted by Crippen LogP contribution is 2.15. The maximum atomic E-state index is 12.0. The number of piperidine rings is 1. The molecule has 1 unspecified atom stereocenters. The number of aromatic amines is 1. The molecule has 1 amide bonds. The van der Waals surface area contributed by atoms with Crippen molar-refractivity contribution < 1.29 is 9.53 Å². The summed E-state index contributed by atoms with van der Waals surface area (Å²) >= 11 is 0. The minimum Gasteiger partial charge on any atom is -0.382 e. The molecule has 0 aliphatic carbocycles. The van der Waals surface area contributed by atoms with Crippen molar-refractivity contribution in [3.63, 3.8) is 0 Å². The second kappa shape index (κ2) is 4.52. The van der Waals surface area contributed by atoms with Gasteiger partial charge in [-0.25, -0.2) is 0 Å². The van der Waals surface area contributed by atoms with E-state index in [-0.39, 0.29) is 12.0 Å². The summed E-state index contributed by atoms with van der Waals surface area (Å²) in [6.45, 7) is 1.39. The fourth-order valence-electron chi connectivity index (χ4n) is 1.93. The van der Waals surface area contributed by atoms with Crippen LogP contribution in [0.3, 0.4) is 0 Å². The Bertz CT molecular complexity index is 377. The first-order valence-corrected chi connectivity index (χ1v) is 5.33. The molecule has 16 heavy (non-hydrogen) atoms. The number of H-pyrrole nitrogens is 1. The second-order valence-electron chi connectivity index (χ2n) is 3.96. The molecule has 1 aliphatic heterocycles. The van der Waals surface area contributed by atoms with E-state index in [0.29, 0.717) is 18.1 Å². The third-order valence-corrected chi connectivity index (χ3v) is 2.83. The predicted octanol–water partition coefficient (Wildman–Crippen LogP) is 0.243. The van der Waals surface area contributed by atoms with Crippen LogP contribution in [0.5, 0.6) is 0 Å². The van der Waals surface area contributed by atoms with Crippen molar-refractivity contribution in [2.24, 2.45) is 0 Å². The molecule has 0 radical (unpaired) electrons. The molecule has 0 bridgehead atoms. The van der Waals surface area contributed by atoms with Gasteiger partial charge >= 0.3 is 0 Å². The Morgan fingerprint density at radius 3 is 3.19 bits per heavy atom. The molecule has 0 saturated carbocycles. The normalized spacial score (nSPS) is 21.1. The largest absolute Gasteiger partial charge is 0.382 e. The van der Waals surface area contributed by atoms with Crippen molar-refractivity contribution in [3.8, 4) is 0 Å². The average Bonchev–Trinajstić information content (AvgIpc) is 2.75. The van der Waals surface area contributed by atoms with Crippen molar-refractivity contribution in [1.82, 2.24) is 15.1 Å². The van der Waals surface area contributed by atoms with E-state index in [0.717, 1.165) is 19.4 Å². The molecule has 2 heterocycles. The minimum absolute atomic E-state index is 0.0639.